The van der Waals surface area contributed by atoms with Gasteiger partial charge in [0.05, 0.1) is 16.8 Å². The van der Waals surface area contributed by atoms with Gasteiger partial charge in [-0.25, -0.2) is 24.4 Å². The van der Waals surface area contributed by atoms with E-state index < -0.39 is 41.4 Å². The van der Waals surface area contributed by atoms with Gasteiger partial charge in [-0.1, -0.05) is 42.5 Å². The second kappa shape index (κ2) is 17.2. The molecule has 50 heavy (non-hydrogen) atoms. The number of rotatable bonds is 7. The van der Waals surface area contributed by atoms with Gasteiger partial charge in [0.2, 0.25) is 5.95 Å². The molecule has 4 aromatic rings. The number of benzene rings is 3. The van der Waals surface area contributed by atoms with Gasteiger partial charge in [-0.05, 0) is 41.6 Å². The Balaban J connectivity index is 0.000000234. The Kier molecular flexibility index (Phi) is 13.4. The van der Waals surface area contributed by atoms with Crippen molar-refractivity contribution in [1.29, 1.82) is 0 Å². The van der Waals surface area contributed by atoms with E-state index in [9.17, 15) is 45.8 Å². The number of halogens is 6. The van der Waals surface area contributed by atoms with E-state index in [0.29, 0.717) is 35.9 Å². The minimum absolute atomic E-state index is 0.0605. The van der Waals surface area contributed by atoms with Crippen LogP contribution in [0.25, 0.3) is 22.0 Å². The van der Waals surface area contributed by atoms with Gasteiger partial charge in [-0.2, -0.15) is 26.3 Å². The van der Waals surface area contributed by atoms with E-state index in [2.05, 4.69) is 25.5 Å². The van der Waals surface area contributed by atoms with Crippen LogP contribution in [0.5, 0.6) is 0 Å². The summed E-state index contributed by atoms with van der Waals surface area (Å²) in [5.41, 5.74) is -1.25. The summed E-state index contributed by atoms with van der Waals surface area (Å²) in [5, 5.41) is 33.1. The highest BCUT2D eigenvalue weighted by molar-refractivity contribution is 6.02. The van der Waals surface area contributed by atoms with E-state index in [-0.39, 0.29) is 23.7 Å². The molecule has 0 bridgehead atoms. The second-order valence-electron chi connectivity index (χ2n) is 10.5. The zero-order valence-electron chi connectivity index (χ0n) is 26.2. The molecule has 17 heteroatoms. The van der Waals surface area contributed by atoms with E-state index in [4.69, 9.17) is 10.2 Å². The largest absolute Gasteiger partial charge is 0.478 e. The standard InChI is InChI=1S/C19H18N4O2.C10H9F6N.C4H4O4/c24-18(25)16-12-21-19(23-10-8-20-9-11-23)22-17(16)15-7-3-5-13-4-1-2-6-14(13)15;1-17-5-6-2-7(9(11,12)13)4-8(3-6)10(14,15)16;5-3(6)1-2-4(7)8/h1-7,12,20H,8-11H2,(H,24,25);2-4,17H,5H2,1H3;1-2H,(H,5,6)(H,7,8)/b;;2-1+. The van der Waals surface area contributed by atoms with Gasteiger partial charge in [0.1, 0.15) is 5.56 Å². The van der Waals surface area contributed by atoms with Crippen LogP contribution < -0.4 is 15.5 Å². The fourth-order valence-corrected chi connectivity index (χ4v) is 4.65. The summed E-state index contributed by atoms with van der Waals surface area (Å²) in [6, 6.07) is 15.3. The average molecular weight is 708 g/mol. The summed E-state index contributed by atoms with van der Waals surface area (Å²) < 4.78 is 74.3. The van der Waals surface area contributed by atoms with Crippen molar-refractivity contribution < 1.29 is 56.0 Å². The number of piperazine rings is 1. The molecule has 11 nitrogen and oxygen atoms in total. The molecule has 5 rings (SSSR count). The number of hydrogen-bond acceptors (Lipinski definition) is 8. The van der Waals surface area contributed by atoms with Crippen LogP contribution in [-0.4, -0.2) is 76.4 Å². The fraction of sp³-hybridized carbons (Fsp3) is 0.242. The van der Waals surface area contributed by atoms with Crippen LogP contribution in [0.2, 0.25) is 0 Å². The number of alkyl halides is 6. The minimum atomic E-state index is -4.79. The third-order valence-corrected chi connectivity index (χ3v) is 6.85. The number of carboxylic acids is 3. The Morgan fingerprint density at radius 2 is 1.42 bits per heavy atom. The van der Waals surface area contributed by atoms with Gasteiger partial charge in [0.25, 0.3) is 0 Å². The van der Waals surface area contributed by atoms with Gasteiger partial charge in [0.15, 0.2) is 0 Å². The maximum Gasteiger partial charge on any atom is 0.416 e. The Morgan fingerprint density at radius 1 is 0.860 bits per heavy atom. The number of nitrogens with one attached hydrogen (secondary N) is 2. The van der Waals surface area contributed by atoms with E-state index >= 15 is 0 Å². The lowest BCUT2D eigenvalue weighted by molar-refractivity contribution is -0.143. The molecule has 1 aliphatic heterocycles. The maximum atomic E-state index is 12.4. The van der Waals surface area contributed by atoms with Crippen LogP contribution in [0.15, 0.2) is 79.0 Å². The van der Waals surface area contributed by atoms with E-state index in [1.54, 1.807) is 0 Å². The van der Waals surface area contributed by atoms with Crippen molar-refractivity contribution in [2.24, 2.45) is 0 Å². The number of carbonyl (C=O) groups is 3. The molecular weight excluding hydrogens is 676 g/mol. The highest BCUT2D eigenvalue weighted by atomic mass is 19.4. The van der Waals surface area contributed by atoms with Crippen LogP contribution >= 0.6 is 0 Å². The first-order valence-corrected chi connectivity index (χ1v) is 14.6. The zero-order valence-corrected chi connectivity index (χ0v) is 26.2. The van der Waals surface area contributed by atoms with Crippen LogP contribution in [0.4, 0.5) is 32.3 Å². The monoisotopic (exact) mass is 707 g/mol. The normalized spacial score (nSPS) is 13.2. The quantitative estimate of drug-likeness (QED) is 0.121. The molecule has 1 aliphatic rings. The molecular formula is C33H31F6N5O6. The summed E-state index contributed by atoms with van der Waals surface area (Å²) in [6.45, 7) is 3.29. The molecule has 1 fully saturated rings. The van der Waals surface area contributed by atoms with E-state index in [1.165, 1.54) is 13.2 Å². The first kappa shape index (κ1) is 38.9. The highest BCUT2D eigenvalue weighted by Crippen LogP contribution is 2.36. The number of nitrogens with zero attached hydrogens (tertiary/aromatic N) is 3. The Labute approximate surface area is 280 Å². The van der Waals surface area contributed by atoms with Gasteiger partial charge in [-0.3, -0.25) is 0 Å². The molecule has 0 amide bonds. The van der Waals surface area contributed by atoms with Crippen molar-refractivity contribution in [3.05, 3.63) is 101 Å². The SMILES string of the molecule is CNCc1cc(C(F)(F)F)cc(C(F)(F)F)c1.O=C(O)/C=C/C(=O)O.O=C(O)c1cnc(N2CCNCC2)nc1-c1cccc2ccccc12. The highest BCUT2D eigenvalue weighted by Gasteiger charge is 2.36. The third-order valence-electron chi connectivity index (χ3n) is 6.85. The van der Waals surface area contributed by atoms with Crippen molar-refractivity contribution in [3.8, 4) is 11.3 Å². The number of carboxylic acid groups (broad SMARTS) is 3. The van der Waals surface area contributed by atoms with Crippen molar-refractivity contribution in [2.45, 2.75) is 18.9 Å². The van der Waals surface area contributed by atoms with E-state index in [1.807, 2.05) is 42.5 Å². The molecule has 0 aliphatic carbocycles. The molecule has 5 N–H and O–H groups in total. The number of hydrogen-bond donors (Lipinski definition) is 5. The first-order chi connectivity index (χ1) is 23.5. The zero-order chi connectivity index (χ0) is 37.1. The van der Waals surface area contributed by atoms with Crippen molar-refractivity contribution in [3.63, 3.8) is 0 Å². The number of aromatic nitrogens is 2. The molecule has 0 radical (unpaired) electrons. The maximum absolute atomic E-state index is 12.4. The Morgan fingerprint density at radius 3 is 1.94 bits per heavy atom. The molecule has 2 heterocycles. The summed E-state index contributed by atoms with van der Waals surface area (Å²) in [4.78, 5) is 41.8. The number of aromatic carboxylic acids is 1. The smallest absolute Gasteiger partial charge is 0.416 e. The number of anilines is 1. The predicted molar refractivity (Wildman–Crippen MR) is 171 cm³/mol. The lowest BCUT2D eigenvalue weighted by atomic mass is 9.99. The van der Waals surface area contributed by atoms with Gasteiger partial charge in [0, 0.05) is 56.6 Å². The molecule has 0 spiro atoms. The van der Waals surface area contributed by atoms with E-state index in [0.717, 1.165) is 42.5 Å². The first-order valence-electron chi connectivity index (χ1n) is 14.6. The molecule has 1 saturated heterocycles. The van der Waals surface area contributed by atoms with Crippen LogP contribution in [0, 0.1) is 0 Å². The number of fused-ring (bicyclic) bond motifs is 1. The van der Waals surface area contributed by atoms with Crippen LogP contribution in [0.1, 0.15) is 27.0 Å². The molecule has 266 valence electrons. The van der Waals surface area contributed by atoms with Gasteiger partial charge < -0.3 is 30.9 Å². The number of aliphatic carboxylic acids is 2. The lowest BCUT2D eigenvalue weighted by Crippen LogP contribution is -2.44. The van der Waals surface area contributed by atoms with Crippen LogP contribution in [0.3, 0.4) is 0 Å². The summed E-state index contributed by atoms with van der Waals surface area (Å²) in [7, 11) is 1.44. The predicted octanol–water partition coefficient (Wildman–Crippen LogP) is 5.56. The van der Waals surface area contributed by atoms with Crippen molar-refractivity contribution in [1.82, 2.24) is 20.6 Å². The molecule has 3 aromatic carbocycles. The van der Waals surface area contributed by atoms with Crippen molar-refractivity contribution >= 4 is 34.6 Å². The van der Waals surface area contributed by atoms with Gasteiger partial charge in [-0.15, -0.1) is 0 Å². The third kappa shape index (κ3) is 11.3. The second-order valence-corrected chi connectivity index (χ2v) is 10.5. The average Bonchev–Trinajstić information content (AvgIpc) is 3.07. The lowest BCUT2D eigenvalue weighted by Gasteiger charge is -2.27. The Bertz CT molecular complexity index is 1790. The summed E-state index contributed by atoms with van der Waals surface area (Å²) in [5.74, 6) is -2.95. The van der Waals surface area contributed by atoms with Crippen molar-refractivity contribution in [2.75, 3.05) is 38.1 Å². The molecule has 0 unspecified atom stereocenters. The Hall–Kier alpha value is -5.55. The fourth-order valence-electron chi connectivity index (χ4n) is 4.65. The van der Waals surface area contributed by atoms with Crippen LogP contribution in [-0.2, 0) is 28.5 Å². The molecule has 0 atom stereocenters. The summed E-state index contributed by atoms with van der Waals surface area (Å²) in [6.07, 6.45) is -7.04. The van der Waals surface area contributed by atoms with Gasteiger partial charge >= 0.3 is 30.3 Å². The summed E-state index contributed by atoms with van der Waals surface area (Å²) >= 11 is 0. The minimum Gasteiger partial charge on any atom is -0.478 e. The molecule has 1 aromatic heterocycles. The topological polar surface area (TPSA) is 165 Å². The molecule has 0 saturated carbocycles.